The second-order valence-electron chi connectivity index (χ2n) is 8.43. The maximum absolute atomic E-state index is 14.3. The molecular weight excluding hydrogens is 514 g/mol. The Morgan fingerprint density at radius 3 is 2.43 bits per heavy atom. The van der Waals surface area contributed by atoms with Crippen LogP contribution >= 0.6 is 0 Å². The van der Waals surface area contributed by atoms with Gasteiger partial charge in [-0.25, -0.2) is 19.3 Å². The van der Waals surface area contributed by atoms with Gasteiger partial charge in [-0.1, -0.05) is 6.07 Å². The van der Waals surface area contributed by atoms with E-state index in [-0.39, 0.29) is 11.7 Å². The lowest BCUT2D eigenvalue weighted by atomic mass is 9.90. The van der Waals surface area contributed by atoms with Gasteiger partial charge in [-0.05, 0) is 55.5 Å². The molecule has 37 heavy (non-hydrogen) atoms. The van der Waals surface area contributed by atoms with Gasteiger partial charge in [0.15, 0.2) is 11.4 Å². The van der Waals surface area contributed by atoms with Crippen molar-refractivity contribution in [2.24, 2.45) is 0 Å². The van der Waals surface area contributed by atoms with Crippen LogP contribution in [0.4, 0.5) is 34.9 Å². The maximum atomic E-state index is 14.3. The fourth-order valence-corrected chi connectivity index (χ4v) is 4.26. The molecule has 13 heteroatoms. The molecule has 0 radical (unpaired) electrons. The molecule has 4 aromatic rings. The summed E-state index contributed by atoms with van der Waals surface area (Å²) in [4.78, 5) is 14.6. The van der Waals surface area contributed by atoms with Crippen LogP contribution in [0.25, 0.3) is 11.1 Å². The summed E-state index contributed by atoms with van der Waals surface area (Å²) < 4.78 is 75.0. The maximum Gasteiger partial charge on any atom is 0.417 e. The first-order valence-electron chi connectivity index (χ1n) is 11.2. The van der Waals surface area contributed by atoms with E-state index in [1.54, 1.807) is 18.4 Å². The van der Waals surface area contributed by atoms with Crippen LogP contribution in [-0.2, 0) is 17.7 Å². The normalized spacial score (nSPS) is 14.2. The Bertz CT molecular complexity index is 1410. The minimum atomic E-state index is -4.40. The predicted molar refractivity (Wildman–Crippen MR) is 129 cm³/mol. The highest BCUT2D eigenvalue weighted by molar-refractivity contribution is 7.51. The Labute approximate surface area is 212 Å². The number of benzene rings is 1. The van der Waals surface area contributed by atoms with E-state index in [4.69, 9.17) is 12.8 Å². The fourth-order valence-electron chi connectivity index (χ4n) is 4.26. The number of aryl methyl sites for hydroxylation is 1. The van der Waals surface area contributed by atoms with E-state index in [9.17, 15) is 17.6 Å². The number of alkyl halides is 3. The number of anilines is 3. The topological polar surface area (TPSA) is 101 Å². The van der Waals surface area contributed by atoms with E-state index in [1.165, 1.54) is 18.5 Å². The highest BCUT2D eigenvalue weighted by Gasteiger charge is 2.31. The first kappa shape index (κ1) is 26.2. The lowest BCUT2D eigenvalue weighted by Gasteiger charge is -2.32. The van der Waals surface area contributed by atoms with Crippen molar-refractivity contribution in [2.75, 3.05) is 23.3 Å². The van der Waals surface area contributed by atoms with Gasteiger partial charge in [0.05, 0.1) is 17.5 Å². The van der Waals surface area contributed by atoms with Crippen molar-refractivity contribution in [1.82, 2.24) is 15.0 Å². The van der Waals surface area contributed by atoms with Crippen LogP contribution in [0, 0.1) is 12.7 Å². The molecule has 4 heterocycles. The third kappa shape index (κ3) is 5.93. The molecule has 1 aliphatic heterocycles. The van der Waals surface area contributed by atoms with E-state index in [2.05, 4.69) is 20.3 Å². The number of rotatable bonds is 4. The Morgan fingerprint density at radius 1 is 1.08 bits per heavy atom. The molecule has 5 rings (SSSR count). The molecule has 1 fully saturated rings. The van der Waals surface area contributed by atoms with Crippen LogP contribution in [0.15, 0.2) is 53.5 Å². The van der Waals surface area contributed by atoms with Gasteiger partial charge in [0.25, 0.3) is 0 Å². The molecule has 0 spiro atoms. The molecule has 0 atom stereocenters. The number of halogens is 4. The van der Waals surface area contributed by atoms with Gasteiger partial charge in [0, 0.05) is 24.8 Å². The quantitative estimate of drug-likeness (QED) is 0.340. The number of furan rings is 1. The second-order valence-corrected chi connectivity index (χ2v) is 8.57. The summed E-state index contributed by atoms with van der Waals surface area (Å²) in [6, 6.07) is 7.35. The average Bonchev–Trinajstić information content (AvgIpc) is 3.31. The third-order valence-electron chi connectivity index (χ3n) is 6.09. The Hall–Kier alpha value is -3.87. The molecule has 8 nitrogen and oxygen atoms in total. The minimum absolute atomic E-state index is 0.158. The number of hydrogen-bond donors (Lipinski definition) is 1. The largest absolute Gasteiger partial charge is 0.458 e. The number of aromatic nitrogens is 3. The number of pyridine rings is 1. The lowest BCUT2D eigenvalue weighted by Crippen LogP contribution is -2.33. The van der Waals surface area contributed by atoms with Crippen molar-refractivity contribution in [3.63, 3.8) is 0 Å². The SMILES string of the molecule is Cc1ccc(Nc2ncnc3c(C4CCN(c5ccc(C(F)(F)F)cn5)CC4)coc23)c(F)c1.O=S=O. The van der Waals surface area contributed by atoms with Gasteiger partial charge in [0.1, 0.15) is 23.5 Å². The van der Waals surface area contributed by atoms with Gasteiger partial charge in [-0.3, -0.25) is 0 Å². The van der Waals surface area contributed by atoms with Crippen molar-refractivity contribution < 1.29 is 30.4 Å². The summed E-state index contributed by atoms with van der Waals surface area (Å²) >= 11 is -0.750. The van der Waals surface area contributed by atoms with E-state index >= 15 is 0 Å². The lowest BCUT2D eigenvalue weighted by molar-refractivity contribution is -0.137. The Balaban J connectivity index is 0.00000102. The minimum Gasteiger partial charge on any atom is -0.458 e. The molecule has 3 aromatic heterocycles. The van der Waals surface area contributed by atoms with E-state index in [0.717, 1.165) is 36.2 Å². The monoisotopic (exact) mass is 535 g/mol. The average molecular weight is 536 g/mol. The van der Waals surface area contributed by atoms with Gasteiger partial charge in [-0.2, -0.15) is 21.6 Å². The van der Waals surface area contributed by atoms with Crippen LogP contribution < -0.4 is 10.2 Å². The van der Waals surface area contributed by atoms with Gasteiger partial charge in [-0.15, -0.1) is 0 Å². The zero-order valence-corrected chi connectivity index (χ0v) is 20.3. The zero-order valence-electron chi connectivity index (χ0n) is 19.5. The highest BCUT2D eigenvalue weighted by atomic mass is 32.1. The zero-order chi connectivity index (χ0) is 26.6. The summed E-state index contributed by atoms with van der Waals surface area (Å²) in [6.07, 6.45) is 1.06. The fraction of sp³-hybridized carbons (Fsp3) is 0.292. The van der Waals surface area contributed by atoms with E-state index < -0.39 is 23.3 Å². The standard InChI is InChI=1S/C24H21F4N5O.O2S/c1-14-2-4-19(18(25)10-14)32-23-22-21(30-13-31-23)17(12-34-22)15-6-8-33(9-7-15)20-5-3-16(11-29-20)24(26,27)28;1-3-2/h2-5,10-13,15H,6-9H2,1H3,(H,30,31,32);. The van der Waals surface area contributed by atoms with Crippen molar-refractivity contribution in [3.8, 4) is 0 Å². The number of fused-ring (bicyclic) bond motifs is 1. The van der Waals surface area contributed by atoms with Gasteiger partial charge >= 0.3 is 17.7 Å². The summed E-state index contributed by atoms with van der Waals surface area (Å²) in [6.45, 7) is 3.09. The van der Waals surface area contributed by atoms with Gasteiger partial charge in [0.2, 0.25) is 0 Å². The number of hydrogen-bond acceptors (Lipinski definition) is 8. The molecule has 0 unspecified atom stereocenters. The Kier molecular flexibility index (Phi) is 7.81. The molecule has 0 aliphatic carbocycles. The molecule has 0 saturated carbocycles. The number of nitrogens with one attached hydrogen (secondary N) is 1. The summed E-state index contributed by atoms with van der Waals surface area (Å²) in [5, 5.41) is 2.99. The van der Waals surface area contributed by atoms with Crippen LogP contribution in [0.5, 0.6) is 0 Å². The molecule has 0 amide bonds. The molecular formula is C24H21F4N5O3S. The predicted octanol–water partition coefficient (Wildman–Crippen LogP) is 5.54. The molecule has 1 N–H and O–H groups in total. The van der Waals surface area contributed by atoms with E-state index in [0.29, 0.717) is 41.5 Å². The third-order valence-corrected chi connectivity index (χ3v) is 6.09. The number of piperidine rings is 1. The summed E-state index contributed by atoms with van der Waals surface area (Å²) in [5.74, 6) is 0.677. The molecule has 0 bridgehead atoms. The highest BCUT2D eigenvalue weighted by Crippen LogP contribution is 2.37. The summed E-state index contributed by atoms with van der Waals surface area (Å²) in [7, 11) is 0. The van der Waals surface area contributed by atoms with E-state index in [1.807, 2.05) is 11.8 Å². The van der Waals surface area contributed by atoms with Crippen molar-refractivity contribution in [1.29, 1.82) is 0 Å². The smallest absolute Gasteiger partial charge is 0.417 e. The molecule has 1 aliphatic rings. The van der Waals surface area contributed by atoms with Crippen LogP contribution in [0.2, 0.25) is 0 Å². The van der Waals surface area contributed by atoms with Crippen molar-refractivity contribution in [3.05, 3.63) is 71.6 Å². The Morgan fingerprint density at radius 2 is 1.81 bits per heavy atom. The second kappa shape index (κ2) is 11.0. The molecule has 1 aromatic carbocycles. The molecule has 194 valence electrons. The number of nitrogens with zero attached hydrogens (tertiary/aromatic N) is 4. The van der Waals surface area contributed by atoms with Crippen LogP contribution in [0.1, 0.15) is 35.4 Å². The van der Waals surface area contributed by atoms with Gasteiger partial charge < -0.3 is 14.6 Å². The van der Waals surface area contributed by atoms with Crippen molar-refractivity contribution >= 4 is 40.0 Å². The van der Waals surface area contributed by atoms with Crippen LogP contribution in [0.3, 0.4) is 0 Å². The molecule has 1 saturated heterocycles. The van der Waals surface area contributed by atoms with Crippen LogP contribution in [-0.4, -0.2) is 36.5 Å². The first-order valence-corrected chi connectivity index (χ1v) is 11.8. The summed E-state index contributed by atoms with van der Waals surface area (Å²) in [5.41, 5.74) is 2.39. The first-order chi connectivity index (χ1) is 17.7. The van der Waals surface area contributed by atoms with Crippen molar-refractivity contribution in [2.45, 2.75) is 31.9 Å².